The van der Waals surface area contributed by atoms with Crippen LogP contribution in [0.2, 0.25) is 5.02 Å². The zero-order chi connectivity index (χ0) is 21.0. The topological polar surface area (TPSA) is 66.5 Å². The number of rotatable bonds is 6. The lowest BCUT2D eigenvalue weighted by atomic mass is 10.1. The average Bonchev–Trinajstić information content (AvgIpc) is 2.66. The molecule has 0 bridgehead atoms. The maximum absolute atomic E-state index is 12.5. The van der Waals surface area contributed by atoms with Gasteiger partial charge in [0.2, 0.25) is 10.0 Å². The Morgan fingerprint density at radius 1 is 1.03 bits per heavy atom. The summed E-state index contributed by atoms with van der Waals surface area (Å²) < 4.78 is 26.8. The Hall–Kier alpha value is -2.35. The molecule has 150 valence electrons. The van der Waals surface area contributed by atoms with Crippen LogP contribution in [0.5, 0.6) is 0 Å². The second-order valence-corrected chi connectivity index (χ2v) is 9.60. The normalized spacial score (nSPS) is 11.1. The number of carbonyl (C=O) groups excluding carboxylic acids is 1. The Balaban J connectivity index is 1.82. The number of hydrogen-bond donors (Lipinski definition) is 1. The van der Waals surface area contributed by atoms with Gasteiger partial charge in [0.15, 0.2) is 0 Å². The number of sulfonamides is 1. The SMILES string of the molecule is CS(=O)(=O)N(Cc1ccccc1Cl)c1ccc(C(=O)Nc2cccc(Br)c2)cc1. The minimum Gasteiger partial charge on any atom is -0.322 e. The molecule has 0 aliphatic carbocycles. The molecule has 5 nitrogen and oxygen atoms in total. The minimum absolute atomic E-state index is 0.0993. The molecule has 0 spiro atoms. The Morgan fingerprint density at radius 3 is 2.34 bits per heavy atom. The largest absolute Gasteiger partial charge is 0.322 e. The molecule has 0 radical (unpaired) electrons. The van der Waals surface area contributed by atoms with Crippen molar-refractivity contribution in [3.63, 3.8) is 0 Å². The number of anilines is 2. The molecule has 0 saturated carbocycles. The van der Waals surface area contributed by atoms with Crippen molar-refractivity contribution in [2.24, 2.45) is 0 Å². The van der Waals surface area contributed by atoms with Crippen molar-refractivity contribution >= 4 is 54.8 Å². The van der Waals surface area contributed by atoms with Crippen LogP contribution >= 0.6 is 27.5 Å². The smallest absolute Gasteiger partial charge is 0.255 e. The molecule has 3 aromatic carbocycles. The van der Waals surface area contributed by atoms with E-state index in [1.165, 1.54) is 4.31 Å². The summed E-state index contributed by atoms with van der Waals surface area (Å²) in [5.74, 6) is -0.286. The van der Waals surface area contributed by atoms with Crippen molar-refractivity contribution in [2.45, 2.75) is 6.54 Å². The van der Waals surface area contributed by atoms with E-state index in [4.69, 9.17) is 11.6 Å². The van der Waals surface area contributed by atoms with Gasteiger partial charge >= 0.3 is 0 Å². The van der Waals surface area contributed by atoms with Gasteiger partial charge in [0.05, 0.1) is 18.5 Å². The standard InChI is InChI=1S/C21H18BrClN2O3S/c1-29(27,28)25(14-16-5-2-3-8-20(16)23)19-11-9-15(10-12-19)21(26)24-18-7-4-6-17(22)13-18/h2-13H,14H2,1H3,(H,24,26). The summed E-state index contributed by atoms with van der Waals surface area (Å²) in [4.78, 5) is 12.5. The molecule has 0 aliphatic rings. The van der Waals surface area contributed by atoms with E-state index < -0.39 is 10.0 Å². The van der Waals surface area contributed by atoms with Gasteiger partial charge < -0.3 is 5.32 Å². The second-order valence-electron chi connectivity index (χ2n) is 6.37. The first kappa shape index (κ1) is 21.4. The summed E-state index contributed by atoms with van der Waals surface area (Å²) in [6, 6.07) is 20.7. The summed E-state index contributed by atoms with van der Waals surface area (Å²) in [7, 11) is -3.55. The van der Waals surface area contributed by atoms with Crippen LogP contribution in [0.25, 0.3) is 0 Å². The molecule has 0 aromatic heterocycles. The van der Waals surface area contributed by atoms with Crippen molar-refractivity contribution in [1.29, 1.82) is 0 Å². The van der Waals surface area contributed by atoms with E-state index in [9.17, 15) is 13.2 Å². The van der Waals surface area contributed by atoms with E-state index in [0.717, 1.165) is 10.7 Å². The summed E-state index contributed by atoms with van der Waals surface area (Å²) in [5.41, 5.74) is 2.22. The maximum Gasteiger partial charge on any atom is 0.255 e. The lowest BCUT2D eigenvalue weighted by Crippen LogP contribution is -2.29. The van der Waals surface area contributed by atoms with E-state index in [-0.39, 0.29) is 12.5 Å². The van der Waals surface area contributed by atoms with Gasteiger partial charge in [-0.05, 0) is 54.1 Å². The van der Waals surface area contributed by atoms with E-state index in [1.807, 2.05) is 12.1 Å². The number of benzene rings is 3. The quantitative estimate of drug-likeness (QED) is 0.505. The molecule has 0 unspecified atom stereocenters. The van der Waals surface area contributed by atoms with E-state index in [2.05, 4.69) is 21.2 Å². The van der Waals surface area contributed by atoms with Gasteiger partial charge in [0, 0.05) is 20.7 Å². The van der Waals surface area contributed by atoms with Gasteiger partial charge in [-0.1, -0.05) is 51.8 Å². The summed E-state index contributed by atoms with van der Waals surface area (Å²) in [5, 5.41) is 3.30. The van der Waals surface area contributed by atoms with E-state index in [1.54, 1.807) is 60.7 Å². The van der Waals surface area contributed by atoms with Gasteiger partial charge in [0.1, 0.15) is 0 Å². The lowest BCUT2D eigenvalue weighted by molar-refractivity contribution is 0.102. The van der Waals surface area contributed by atoms with E-state index in [0.29, 0.717) is 27.5 Å². The van der Waals surface area contributed by atoms with Crippen LogP contribution in [0.15, 0.2) is 77.3 Å². The highest BCUT2D eigenvalue weighted by atomic mass is 79.9. The molecule has 29 heavy (non-hydrogen) atoms. The number of nitrogens with one attached hydrogen (secondary N) is 1. The van der Waals surface area contributed by atoms with Crippen molar-refractivity contribution in [2.75, 3.05) is 15.9 Å². The molecule has 8 heteroatoms. The number of halogens is 2. The number of hydrogen-bond acceptors (Lipinski definition) is 3. The van der Waals surface area contributed by atoms with Crippen molar-refractivity contribution in [3.05, 3.63) is 93.4 Å². The lowest BCUT2D eigenvalue weighted by Gasteiger charge is -2.23. The first-order valence-corrected chi connectivity index (χ1v) is 11.6. The Bertz CT molecular complexity index is 1130. The van der Waals surface area contributed by atoms with Crippen molar-refractivity contribution in [1.82, 2.24) is 0 Å². The Kier molecular flexibility index (Phi) is 6.62. The zero-order valence-corrected chi connectivity index (χ0v) is 18.6. The Morgan fingerprint density at radius 2 is 1.72 bits per heavy atom. The molecule has 0 aliphatic heterocycles. The number of nitrogens with zero attached hydrogens (tertiary/aromatic N) is 1. The van der Waals surface area contributed by atoms with Crippen molar-refractivity contribution < 1.29 is 13.2 Å². The molecule has 0 heterocycles. The van der Waals surface area contributed by atoms with Gasteiger partial charge in [-0.2, -0.15) is 0 Å². The Labute approximate surface area is 183 Å². The third kappa shape index (κ3) is 5.59. The van der Waals surface area contributed by atoms with Crippen LogP contribution in [0.3, 0.4) is 0 Å². The monoisotopic (exact) mass is 492 g/mol. The van der Waals surface area contributed by atoms with Crippen LogP contribution < -0.4 is 9.62 Å². The molecular formula is C21H18BrClN2O3S. The fourth-order valence-corrected chi connectivity index (χ4v) is 4.20. The summed E-state index contributed by atoms with van der Waals surface area (Å²) in [6.45, 7) is 0.0993. The second kappa shape index (κ2) is 8.98. The van der Waals surface area contributed by atoms with Gasteiger partial charge in [-0.25, -0.2) is 8.42 Å². The molecule has 0 atom stereocenters. The molecule has 1 amide bonds. The minimum atomic E-state index is -3.55. The molecule has 0 fully saturated rings. The molecule has 0 saturated heterocycles. The molecular weight excluding hydrogens is 476 g/mol. The average molecular weight is 494 g/mol. The van der Waals surface area contributed by atoms with Crippen LogP contribution in [-0.2, 0) is 16.6 Å². The van der Waals surface area contributed by atoms with Crippen molar-refractivity contribution in [3.8, 4) is 0 Å². The predicted molar refractivity (Wildman–Crippen MR) is 121 cm³/mol. The maximum atomic E-state index is 12.5. The highest BCUT2D eigenvalue weighted by Gasteiger charge is 2.19. The fraction of sp³-hybridized carbons (Fsp3) is 0.0952. The number of carbonyl (C=O) groups is 1. The van der Waals surface area contributed by atoms with Crippen LogP contribution in [0.4, 0.5) is 11.4 Å². The zero-order valence-electron chi connectivity index (χ0n) is 15.5. The molecule has 1 N–H and O–H groups in total. The molecule has 3 rings (SSSR count). The first-order chi connectivity index (χ1) is 13.7. The van der Waals surface area contributed by atoms with Crippen LogP contribution in [0.1, 0.15) is 15.9 Å². The fourth-order valence-electron chi connectivity index (χ4n) is 2.73. The predicted octanol–water partition coefficient (Wildman–Crippen LogP) is 5.32. The van der Waals surface area contributed by atoms with E-state index >= 15 is 0 Å². The van der Waals surface area contributed by atoms with Gasteiger partial charge in [-0.15, -0.1) is 0 Å². The number of amides is 1. The first-order valence-electron chi connectivity index (χ1n) is 8.62. The van der Waals surface area contributed by atoms with Crippen LogP contribution in [-0.4, -0.2) is 20.6 Å². The van der Waals surface area contributed by atoms with Gasteiger partial charge in [0.25, 0.3) is 5.91 Å². The third-order valence-corrected chi connectivity index (χ3v) is 6.17. The van der Waals surface area contributed by atoms with Crippen LogP contribution in [0, 0.1) is 0 Å². The highest BCUT2D eigenvalue weighted by Crippen LogP contribution is 2.25. The summed E-state index contributed by atoms with van der Waals surface area (Å²) in [6.07, 6.45) is 1.14. The van der Waals surface area contributed by atoms with Gasteiger partial charge in [-0.3, -0.25) is 9.10 Å². The molecule has 3 aromatic rings. The third-order valence-electron chi connectivity index (χ3n) is 4.17. The summed E-state index contributed by atoms with van der Waals surface area (Å²) >= 11 is 9.54. The highest BCUT2D eigenvalue weighted by molar-refractivity contribution is 9.10.